The topological polar surface area (TPSA) is 64.9 Å². The zero-order valence-electron chi connectivity index (χ0n) is 10.9. The van der Waals surface area contributed by atoms with Crippen LogP contribution < -0.4 is 5.73 Å². The number of nitrogens with zero attached hydrogens (tertiary/aromatic N) is 2. The van der Waals surface area contributed by atoms with Gasteiger partial charge in [0, 0.05) is 12.1 Å². The molecule has 2 rings (SSSR count). The third-order valence-electron chi connectivity index (χ3n) is 2.99. The van der Waals surface area contributed by atoms with Crippen LogP contribution in [0.25, 0.3) is 11.4 Å². The van der Waals surface area contributed by atoms with E-state index in [0.29, 0.717) is 18.3 Å². The van der Waals surface area contributed by atoms with E-state index < -0.39 is 0 Å². The Kier molecular flexibility index (Phi) is 4.10. The fraction of sp³-hybridized carbons (Fsp3) is 0.429. The maximum atomic E-state index is 5.74. The van der Waals surface area contributed by atoms with Crippen molar-refractivity contribution < 1.29 is 4.52 Å². The van der Waals surface area contributed by atoms with Crippen molar-refractivity contribution >= 4 is 0 Å². The summed E-state index contributed by atoms with van der Waals surface area (Å²) in [5.74, 6) is 1.46. The van der Waals surface area contributed by atoms with Gasteiger partial charge in [-0.1, -0.05) is 42.3 Å². The van der Waals surface area contributed by atoms with Gasteiger partial charge >= 0.3 is 0 Å². The highest BCUT2D eigenvalue weighted by molar-refractivity contribution is 5.55. The van der Waals surface area contributed by atoms with Crippen molar-refractivity contribution in [1.29, 1.82) is 0 Å². The minimum Gasteiger partial charge on any atom is -0.339 e. The molecule has 18 heavy (non-hydrogen) atoms. The Labute approximate surface area is 107 Å². The minimum absolute atomic E-state index is 0.168. The van der Waals surface area contributed by atoms with E-state index in [9.17, 15) is 0 Å². The Morgan fingerprint density at radius 3 is 2.89 bits per heavy atom. The van der Waals surface area contributed by atoms with Crippen LogP contribution in [0.3, 0.4) is 0 Å². The lowest BCUT2D eigenvalue weighted by atomic mass is 10.0. The summed E-state index contributed by atoms with van der Waals surface area (Å²) in [7, 11) is 0. The van der Waals surface area contributed by atoms with E-state index in [1.165, 1.54) is 5.56 Å². The normalized spacial score (nSPS) is 12.6. The van der Waals surface area contributed by atoms with Gasteiger partial charge in [0.1, 0.15) is 0 Å². The van der Waals surface area contributed by atoms with Gasteiger partial charge in [-0.3, -0.25) is 0 Å². The van der Waals surface area contributed by atoms with Gasteiger partial charge in [-0.15, -0.1) is 0 Å². The Morgan fingerprint density at radius 2 is 2.22 bits per heavy atom. The molecule has 0 aliphatic carbocycles. The van der Waals surface area contributed by atoms with E-state index in [1.807, 2.05) is 31.2 Å². The van der Waals surface area contributed by atoms with Gasteiger partial charge < -0.3 is 10.3 Å². The number of hydrogen-bond acceptors (Lipinski definition) is 4. The first kappa shape index (κ1) is 12.8. The second-order valence-corrected chi connectivity index (χ2v) is 4.55. The molecule has 1 aromatic heterocycles. The summed E-state index contributed by atoms with van der Waals surface area (Å²) >= 11 is 0. The van der Waals surface area contributed by atoms with Crippen LogP contribution in [0.2, 0.25) is 0 Å². The highest BCUT2D eigenvalue weighted by atomic mass is 16.5. The summed E-state index contributed by atoms with van der Waals surface area (Å²) in [6.07, 6.45) is 2.04. The van der Waals surface area contributed by atoms with Crippen LogP contribution in [0.4, 0.5) is 0 Å². The predicted octanol–water partition coefficient (Wildman–Crippen LogP) is 2.89. The maximum absolute atomic E-state index is 5.74. The molecule has 0 radical (unpaired) electrons. The Morgan fingerprint density at radius 1 is 1.39 bits per heavy atom. The fourth-order valence-corrected chi connectivity index (χ4v) is 1.99. The van der Waals surface area contributed by atoms with Gasteiger partial charge in [0.05, 0.1) is 5.92 Å². The van der Waals surface area contributed by atoms with E-state index in [0.717, 1.165) is 18.4 Å². The summed E-state index contributed by atoms with van der Waals surface area (Å²) < 4.78 is 5.32. The molecule has 4 nitrogen and oxygen atoms in total. The van der Waals surface area contributed by atoms with Crippen molar-refractivity contribution in [3.63, 3.8) is 0 Å². The van der Waals surface area contributed by atoms with Gasteiger partial charge in [0.25, 0.3) is 0 Å². The van der Waals surface area contributed by atoms with Crippen LogP contribution in [0, 0.1) is 6.92 Å². The maximum Gasteiger partial charge on any atom is 0.231 e. The van der Waals surface area contributed by atoms with Gasteiger partial charge in [0.15, 0.2) is 0 Å². The van der Waals surface area contributed by atoms with Crippen LogP contribution in [0.5, 0.6) is 0 Å². The summed E-state index contributed by atoms with van der Waals surface area (Å²) in [4.78, 5) is 4.45. The summed E-state index contributed by atoms with van der Waals surface area (Å²) in [5.41, 5.74) is 7.90. The number of aromatic nitrogens is 2. The minimum atomic E-state index is 0.168. The van der Waals surface area contributed by atoms with E-state index in [2.05, 4.69) is 17.1 Å². The molecule has 1 atom stereocenters. The molecular weight excluding hydrogens is 226 g/mol. The molecule has 1 heterocycles. The van der Waals surface area contributed by atoms with E-state index >= 15 is 0 Å². The average molecular weight is 245 g/mol. The molecule has 0 bridgehead atoms. The number of rotatable bonds is 5. The molecule has 0 spiro atoms. The molecule has 0 fully saturated rings. The number of aryl methyl sites for hydroxylation is 1. The van der Waals surface area contributed by atoms with Crippen LogP contribution in [0.15, 0.2) is 28.8 Å². The Balaban J connectivity index is 2.24. The quantitative estimate of drug-likeness (QED) is 0.879. The van der Waals surface area contributed by atoms with Crippen molar-refractivity contribution in [2.24, 2.45) is 5.73 Å². The highest BCUT2D eigenvalue weighted by Crippen LogP contribution is 2.22. The van der Waals surface area contributed by atoms with Crippen molar-refractivity contribution in [3.8, 4) is 11.4 Å². The largest absolute Gasteiger partial charge is 0.339 e. The number of hydrogen-bond donors (Lipinski definition) is 1. The fourth-order valence-electron chi connectivity index (χ4n) is 1.99. The molecule has 96 valence electrons. The molecule has 0 saturated heterocycles. The first-order valence-electron chi connectivity index (χ1n) is 6.35. The van der Waals surface area contributed by atoms with Gasteiger partial charge in [-0.25, -0.2) is 0 Å². The van der Waals surface area contributed by atoms with Gasteiger partial charge in [-0.05, 0) is 19.4 Å². The second kappa shape index (κ2) is 5.78. The van der Waals surface area contributed by atoms with E-state index in [1.54, 1.807) is 0 Å². The van der Waals surface area contributed by atoms with Crippen molar-refractivity contribution in [2.75, 3.05) is 6.54 Å². The van der Waals surface area contributed by atoms with Crippen molar-refractivity contribution in [2.45, 2.75) is 32.6 Å². The smallest absolute Gasteiger partial charge is 0.231 e. The number of benzene rings is 1. The third-order valence-corrected chi connectivity index (χ3v) is 2.99. The van der Waals surface area contributed by atoms with Crippen LogP contribution >= 0.6 is 0 Å². The van der Waals surface area contributed by atoms with E-state index in [-0.39, 0.29) is 5.92 Å². The summed E-state index contributed by atoms with van der Waals surface area (Å²) in [6, 6.07) is 8.07. The predicted molar refractivity (Wildman–Crippen MR) is 71.2 cm³/mol. The highest BCUT2D eigenvalue weighted by Gasteiger charge is 2.17. The Bertz CT molecular complexity index is 507. The van der Waals surface area contributed by atoms with Gasteiger partial charge in [-0.2, -0.15) is 4.98 Å². The van der Waals surface area contributed by atoms with Crippen molar-refractivity contribution in [3.05, 3.63) is 35.7 Å². The SMILES string of the molecule is CCCC(CN)c1nc(-c2cccc(C)c2)no1. The third kappa shape index (κ3) is 2.76. The first-order valence-corrected chi connectivity index (χ1v) is 6.35. The summed E-state index contributed by atoms with van der Waals surface area (Å²) in [5, 5.41) is 4.04. The zero-order chi connectivity index (χ0) is 13.0. The molecule has 0 amide bonds. The zero-order valence-corrected chi connectivity index (χ0v) is 10.9. The molecule has 2 aromatic rings. The monoisotopic (exact) mass is 245 g/mol. The lowest BCUT2D eigenvalue weighted by Gasteiger charge is -2.06. The molecule has 1 aromatic carbocycles. The number of nitrogens with two attached hydrogens (primary N) is 1. The van der Waals surface area contributed by atoms with Crippen LogP contribution in [0.1, 0.15) is 37.1 Å². The van der Waals surface area contributed by atoms with Crippen LogP contribution in [-0.4, -0.2) is 16.7 Å². The molecule has 0 aliphatic heterocycles. The van der Waals surface area contributed by atoms with E-state index in [4.69, 9.17) is 10.3 Å². The molecule has 0 aliphatic rings. The van der Waals surface area contributed by atoms with Gasteiger partial charge in [0.2, 0.25) is 11.7 Å². The van der Waals surface area contributed by atoms with Crippen molar-refractivity contribution in [1.82, 2.24) is 10.1 Å². The average Bonchev–Trinajstić information content (AvgIpc) is 2.85. The lowest BCUT2D eigenvalue weighted by Crippen LogP contribution is -2.12. The molecule has 0 saturated carbocycles. The van der Waals surface area contributed by atoms with Crippen LogP contribution in [-0.2, 0) is 0 Å². The molecule has 1 unspecified atom stereocenters. The Hall–Kier alpha value is -1.68. The molecule has 2 N–H and O–H groups in total. The lowest BCUT2D eigenvalue weighted by molar-refractivity contribution is 0.347. The first-order chi connectivity index (χ1) is 8.74. The second-order valence-electron chi connectivity index (χ2n) is 4.55. The molecular formula is C14H19N3O. The summed E-state index contributed by atoms with van der Waals surface area (Å²) in [6.45, 7) is 4.72. The molecule has 4 heteroatoms. The standard InChI is InChI=1S/C14H19N3O/c1-3-5-12(9-15)14-16-13(17-18-14)11-7-4-6-10(2)8-11/h4,6-8,12H,3,5,9,15H2,1-2H3.